The molecule has 3 atom stereocenters. The molecule has 4 amide bonds. The van der Waals surface area contributed by atoms with Gasteiger partial charge in [-0.25, -0.2) is 14.9 Å². The molecule has 4 aliphatic heterocycles. The quantitative estimate of drug-likeness (QED) is 0.130. The lowest BCUT2D eigenvalue weighted by atomic mass is 9.84. The van der Waals surface area contributed by atoms with E-state index in [0.717, 1.165) is 51.8 Å². The van der Waals surface area contributed by atoms with Crippen LogP contribution < -0.4 is 10.4 Å². The Morgan fingerprint density at radius 3 is 2.68 bits per heavy atom. The standard InChI is InChI=1S/C47H59N8O7S3Si/c1-8-54-35-14-13-29-20-31(35)33(40(54)30-12-9-16-48-38(30)36(23-63)60-7)22-46(4,5)27-61-45(59)66-19-11-17-55(51-66)43(57)32(21-37-49-34(29)24-65-37)42(64)50-41(56)39(28(2)3)52(6)44(58)53-25-47(26-53)15-10-18-62-47/h9,12-14,16,20,23-24,28,32,36,39,51H,8,10-11,15,17-19,21-22,25-27H2,1-7H3,(H,50,56,64)/t32-,36+,39+/m1/s1. The van der Waals surface area contributed by atoms with Crippen molar-refractivity contribution in [2.75, 3.05) is 47.0 Å². The molecule has 15 nitrogen and oxygen atoms in total. The van der Waals surface area contributed by atoms with Crippen molar-refractivity contribution in [2.45, 2.75) is 97.1 Å². The highest BCUT2D eigenvalue weighted by molar-refractivity contribution is 7.80. The number of likely N-dealkylation sites (N-methyl/N-ethyl adjacent to an activating group) is 1. The predicted octanol–water partition coefficient (Wildman–Crippen LogP) is 7.11. The van der Waals surface area contributed by atoms with Crippen LogP contribution in [-0.2, 0) is 43.2 Å². The third kappa shape index (κ3) is 9.49. The number of ether oxygens (including phenoxy) is 3. The van der Waals surface area contributed by atoms with Gasteiger partial charge in [0.25, 0.3) is 14.6 Å². The summed E-state index contributed by atoms with van der Waals surface area (Å²) in [6, 6.07) is 9.75. The van der Waals surface area contributed by atoms with E-state index in [0.29, 0.717) is 62.4 Å². The number of aryl methyl sites for hydroxylation is 1. The summed E-state index contributed by atoms with van der Waals surface area (Å²) < 4.78 is 20.2. The first-order valence-electron chi connectivity index (χ1n) is 22.7. The molecular formula is C47H59N8O7S3Si. The van der Waals surface area contributed by atoms with Crippen LogP contribution in [0.15, 0.2) is 41.9 Å². The molecule has 19 heteroatoms. The van der Waals surface area contributed by atoms with Crippen LogP contribution in [0.2, 0.25) is 6.04 Å². The second-order valence-corrected chi connectivity index (χ2v) is 22.7. The highest BCUT2D eigenvalue weighted by Gasteiger charge is 2.50. The number of likely N-dealkylation sites (tertiary alicyclic amines) is 1. The first-order valence-corrected chi connectivity index (χ1v) is 26.2. The number of hydrogen-bond donors (Lipinski definition) is 2. The maximum absolute atomic E-state index is 14.7. The summed E-state index contributed by atoms with van der Waals surface area (Å²) in [4.78, 5) is 69.6. The molecule has 4 aliphatic rings. The largest absolute Gasteiger partial charge is 0.468 e. The fourth-order valence-electron chi connectivity index (χ4n) is 9.89. The summed E-state index contributed by atoms with van der Waals surface area (Å²) in [7, 11) is 1.19. The van der Waals surface area contributed by atoms with Crippen LogP contribution in [0.1, 0.15) is 76.3 Å². The van der Waals surface area contributed by atoms with E-state index >= 15 is 0 Å². The third-order valence-electron chi connectivity index (χ3n) is 13.2. The first-order chi connectivity index (χ1) is 31.6. The van der Waals surface area contributed by atoms with Gasteiger partial charge in [-0.3, -0.25) is 24.4 Å². The van der Waals surface area contributed by atoms with Gasteiger partial charge in [-0.1, -0.05) is 58.2 Å². The van der Waals surface area contributed by atoms with Crippen molar-refractivity contribution in [1.29, 1.82) is 0 Å². The lowest BCUT2D eigenvalue weighted by Gasteiger charge is -2.48. The third-order valence-corrected chi connectivity index (χ3v) is 16.7. The second kappa shape index (κ2) is 19.6. The van der Waals surface area contributed by atoms with E-state index in [9.17, 15) is 19.2 Å². The van der Waals surface area contributed by atoms with E-state index in [2.05, 4.69) is 60.0 Å². The molecule has 8 rings (SSSR count). The molecule has 2 N–H and O–H groups in total. The van der Waals surface area contributed by atoms with Crippen molar-refractivity contribution < 1.29 is 33.4 Å². The van der Waals surface area contributed by atoms with Crippen LogP contribution in [0, 0.1) is 17.3 Å². The number of rotatable bonds is 9. The zero-order valence-corrected chi connectivity index (χ0v) is 42.1. The van der Waals surface area contributed by atoms with Gasteiger partial charge in [0.05, 0.1) is 52.7 Å². The van der Waals surface area contributed by atoms with Crippen LogP contribution in [0.5, 0.6) is 0 Å². The fourth-order valence-corrected chi connectivity index (χ4v) is 13.0. The number of thiocarbonyl (C=S) groups is 2. The fraction of sp³-hybridized carbons (Fsp3) is 0.532. The molecule has 4 aromatic rings. The molecule has 1 spiro atoms. The van der Waals surface area contributed by atoms with Crippen LogP contribution in [-0.4, -0.2) is 131 Å². The summed E-state index contributed by atoms with van der Waals surface area (Å²) in [5.74, 6) is -2.13. The highest BCUT2D eigenvalue weighted by Crippen LogP contribution is 2.42. The monoisotopic (exact) mass is 971 g/mol. The number of aromatic nitrogens is 3. The Morgan fingerprint density at radius 1 is 1.20 bits per heavy atom. The molecule has 7 heterocycles. The number of hydrazine groups is 1. The number of carbonyl (C=O) groups excluding carboxylic acids is 4. The van der Waals surface area contributed by atoms with Crippen LogP contribution in [0.4, 0.5) is 9.59 Å². The highest BCUT2D eigenvalue weighted by atomic mass is 32.1. The maximum atomic E-state index is 14.7. The van der Waals surface area contributed by atoms with Gasteiger partial charge in [-0.15, -0.1) is 11.3 Å². The molecule has 1 radical (unpaired) electrons. The number of carbonyl (C=O) groups is 4. The summed E-state index contributed by atoms with van der Waals surface area (Å²) in [5, 5.41) is 12.9. The van der Waals surface area contributed by atoms with E-state index in [1.165, 1.54) is 21.2 Å². The second-order valence-electron chi connectivity index (χ2n) is 18.9. The Hall–Kier alpha value is -4.50. The average Bonchev–Trinajstić information content (AvgIpc) is 4.05. The minimum Gasteiger partial charge on any atom is -0.468 e. The number of amides is 4. The Morgan fingerprint density at radius 2 is 1.98 bits per heavy atom. The van der Waals surface area contributed by atoms with Gasteiger partial charge in [0.15, 0.2) is 0 Å². The van der Waals surface area contributed by atoms with Gasteiger partial charge in [0.2, 0.25) is 11.8 Å². The Labute approximate surface area is 402 Å². The molecule has 351 valence electrons. The van der Waals surface area contributed by atoms with E-state index in [-0.39, 0.29) is 47.1 Å². The Kier molecular flexibility index (Phi) is 14.3. The van der Waals surface area contributed by atoms with Gasteiger partial charge < -0.3 is 33.9 Å². The Balaban J connectivity index is 1.15. The molecule has 3 saturated heterocycles. The number of thiazole rings is 1. The van der Waals surface area contributed by atoms with Gasteiger partial charge in [0, 0.05) is 84.7 Å². The summed E-state index contributed by atoms with van der Waals surface area (Å²) in [6.07, 6.45) is 4.38. The van der Waals surface area contributed by atoms with Crippen LogP contribution >= 0.6 is 35.8 Å². The zero-order chi connectivity index (χ0) is 47.1. The van der Waals surface area contributed by atoms with Crippen molar-refractivity contribution in [2.24, 2.45) is 17.3 Å². The number of nitrogens with zero attached hydrogens (tertiary/aromatic N) is 6. The summed E-state index contributed by atoms with van der Waals surface area (Å²) in [5.41, 5.74) is 5.19. The average molecular weight is 972 g/mol. The lowest BCUT2D eigenvalue weighted by molar-refractivity contribution is -0.135. The molecule has 66 heavy (non-hydrogen) atoms. The minimum atomic E-state index is -2.06. The van der Waals surface area contributed by atoms with Gasteiger partial charge in [-0.2, -0.15) is 0 Å². The van der Waals surface area contributed by atoms with Crippen molar-refractivity contribution >= 4 is 89.4 Å². The van der Waals surface area contributed by atoms with E-state index in [4.69, 9.17) is 48.6 Å². The van der Waals surface area contributed by atoms with E-state index in [1.54, 1.807) is 30.6 Å². The molecule has 0 unspecified atom stereocenters. The number of cyclic esters (lactones) is 1. The number of urea groups is 1. The molecule has 0 saturated carbocycles. The predicted molar refractivity (Wildman–Crippen MR) is 263 cm³/mol. The molecule has 6 bridgehead atoms. The molecule has 0 aliphatic carbocycles. The molecular weight excluding hydrogens is 913 g/mol. The van der Waals surface area contributed by atoms with Gasteiger partial charge in [-0.05, 0) is 74.4 Å². The summed E-state index contributed by atoms with van der Waals surface area (Å²) in [6.45, 7) is 12.9. The zero-order valence-electron chi connectivity index (χ0n) is 38.7. The lowest BCUT2D eigenvalue weighted by Crippen LogP contribution is -2.67. The van der Waals surface area contributed by atoms with E-state index in [1.807, 2.05) is 25.3 Å². The van der Waals surface area contributed by atoms with Gasteiger partial charge in [0.1, 0.15) is 17.7 Å². The maximum Gasteiger partial charge on any atom is 0.320 e. The summed E-state index contributed by atoms with van der Waals surface area (Å²) >= 11 is 12.8. The van der Waals surface area contributed by atoms with Gasteiger partial charge >= 0.3 is 6.03 Å². The smallest absolute Gasteiger partial charge is 0.320 e. The SMILES string of the molecule is CCn1c(-c2cccnc2[C@H](C=S)OC)c2c3cc(ccc31)-c1csc(n1)C[C@H](C(=S)NC(=O)[C@H](C(C)C)N(C)C(=O)N1CC3(CCCO3)C1)C(=O)N1CCC[Si](N1)C(=O)OCC(C)(C)C2. The van der Waals surface area contributed by atoms with Crippen LogP contribution in [0.3, 0.4) is 0 Å². The van der Waals surface area contributed by atoms with Crippen molar-refractivity contribution in [3.63, 3.8) is 0 Å². The molecule has 1 aromatic carbocycles. The molecule has 3 aromatic heterocycles. The van der Waals surface area contributed by atoms with Crippen LogP contribution in [0.25, 0.3) is 33.4 Å². The number of benzene rings is 1. The molecule has 3 fully saturated rings. The van der Waals surface area contributed by atoms with Crippen molar-refractivity contribution in [3.8, 4) is 22.5 Å². The normalized spacial score (nSPS) is 20.7. The minimum absolute atomic E-state index is 0.0222. The first kappa shape index (κ1) is 48.0. The number of fused-ring (bicyclic) bond motifs is 6. The van der Waals surface area contributed by atoms with Crippen molar-refractivity contribution in [3.05, 3.63) is 58.2 Å². The Bertz CT molecular complexity index is 2530. The van der Waals surface area contributed by atoms with E-state index < -0.39 is 38.3 Å². The number of hydrogen-bond acceptors (Lipinski definition) is 13. The number of methoxy groups -OCH3 is 1. The number of pyridine rings is 1. The topological polar surface area (TPSA) is 160 Å². The van der Waals surface area contributed by atoms with Crippen molar-refractivity contribution in [1.82, 2.24) is 39.8 Å². The number of nitrogens with one attached hydrogen (secondary N) is 2.